The molecular weight excluding hydrogens is 270 g/mol. The summed E-state index contributed by atoms with van der Waals surface area (Å²) in [6.45, 7) is 0.469. The minimum atomic E-state index is -0.826. The van der Waals surface area contributed by atoms with Crippen LogP contribution < -0.4 is 0 Å². The Kier molecular flexibility index (Phi) is 3.98. The average Bonchev–Trinajstić information content (AvgIpc) is 2.87. The minimum Gasteiger partial charge on any atom is -0.481 e. The molecule has 0 fully saturated rings. The molecule has 1 amide bonds. The maximum Gasteiger partial charge on any atom is 0.303 e. The molecule has 2 heterocycles. The number of aliphatic carboxylic acids is 1. The van der Waals surface area contributed by atoms with Gasteiger partial charge in [-0.25, -0.2) is 0 Å². The average molecular weight is 283 g/mol. The van der Waals surface area contributed by atoms with Gasteiger partial charge in [-0.3, -0.25) is 9.59 Å². The van der Waals surface area contributed by atoms with Crippen molar-refractivity contribution in [1.82, 2.24) is 4.90 Å². The van der Waals surface area contributed by atoms with E-state index in [0.717, 1.165) is 14.3 Å². The maximum atomic E-state index is 12.1. The molecule has 0 aliphatic rings. The highest BCUT2D eigenvalue weighted by Crippen LogP contribution is 2.30. The predicted octanol–water partition coefficient (Wildman–Crippen LogP) is 2.90. The topological polar surface area (TPSA) is 57.6 Å². The molecule has 0 atom stereocenters. The van der Waals surface area contributed by atoms with Crippen LogP contribution in [0.2, 0.25) is 0 Å². The normalized spacial score (nSPS) is 10.7. The summed E-state index contributed by atoms with van der Waals surface area (Å²) in [5, 5.41) is 10.6. The molecule has 2 aromatic rings. The van der Waals surface area contributed by atoms with Gasteiger partial charge in [-0.2, -0.15) is 0 Å². The van der Waals surface area contributed by atoms with Gasteiger partial charge in [0, 0.05) is 29.4 Å². The Morgan fingerprint density at radius 1 is 1.39 bits per heavy atom. The van der Waals surface area contributed by atoms with Crippen LogP contribution in [0.3, 0.4) is 0 Å². The number of carboxylic acid groups (broad SMARTS) is 1. The van der Waals surface area contributed by atoms with Gasteiger partial charge in [0.2, 0.25) is 0 Å². The number of fused-ring (bicyclic) bond motifs is 1. The van der Waals surface area contributed by atoms with Gasteiger partial charge in [0.1, 0.15) is 0 Å². The van der Waals surface area contributed by atoms with Gasteiger partial charge in [0.15, 0.2) is 0 Å². The van der Waals surface area contributed by atoms with E-state index in [2.05, 4.69) is 0 Å². The summed E-state index contributed by atoms with van der Waals surface area (Å²) in [7, 11) is 1.71. The zero-order valence-electron chi connectivity index (χ0n) is 9.88. The number of hydrogen-bond acceptors (Lipinski definition) is 4. The smallest absolute Gasteiger partial charge is 0.303 e. The standard InChI is InChI=1S/C12H13NO3S2/c1-13(5-2-3-11(14)15)12(16)10-7-9-8(18-10)4-6-17-9/h4,6-7H,2-3,5H2,1H3,(H,14,15). The van der Waals surface area contributed by atoms with Crippen LogP contribution >= 0.6 is 22.7 Å². The number of rotatable bonds is 5. The molecule has 0 aliphatic heterocycles. The zero-order chi connectivity index (χ0) is 13.1. The van der Waals surface area contributed by atoms with Crippen molar-refractivity contribution in [1.29, 1.82) is 0 Å². The summed E-state index contributed by atoms with van der Waals surface area (Å²) in [5.41, 5.74) is 0. The van der Waals surface area contributed by atoms with E-state index in [-0.39, 0.29) is 12.3 Å². The maximum absolute atomic E-state index is 12.1. The lowest BCUT2D eigenvalue weighted by atomic mass is 10.3. The third-order valence-electron chi connectivity index (χ3n) is 2.58. The van der Waals surface area contributed by atoms with Crippen LogP contribution in [0, 0.1) is 0 Å². The first kappa shape index (κ1) is 13.0. The number of carbonyl (C=O) groups is 2. The summed E-state index contributed by atoms with van der Waals surface area (Å²) in [6, 6.07) is 3.91. The molecule has 1 N–H and O–H groups in total. The SMILES string of the molecule is CN(CCCC(=O)O)C(=O)c1cc2sccc2s1. The number of carbonyl (C=O) groups excluding carboxylic acids is 1. The van der Waals surface area contributed by atoms with Gasteiger partial charge < -0.3 is 10.0 Å². The molecule has 18 heavy (non-hydrogen) atoms. The lowest BCUT2D eigenvalue weighted by Gasteiger charge is -2.15. The van der Waals surface area contributed by atoms with E-state index in [9.17, 15) is 9.59 Å². The van der Waals surface area contributed by atoms with Gasteiger partial charge in [0.25, 0.3) is 5.91 Å². The number of carboxylic acids is 1. The van der Waals surface area contributed by atoms with E-state index in [0.29, 0.717) is 13.0 Å². The van der Waals surface area contributed by atoms with Crippen LogP contribution in [-0.4, -0.2) is 35.5 Å². The molecule has 6 heteroatoms. The quantitative estimate of drug-likeness (QED) is 0.918. The molecule has 96 valence electrons. The van der Waals surface area contributed by atoms with E-state index in [1.165, 1.54) is 11.3 Å². The highest BCUT2D eigenvalue weighted by molar-refractivity contribution is 7.27. The molecule has 0 aliphatic carbocycles. The predicted molar refractivity (Wildman–Crippen MR) is 73.5 cm³/mol. The van der Waals surface area contributed by atoms with Gasteiger partial charge >= 0.3 is 5.97 Å². The van der Waals surface area contributed by atoms with Crippen LogP contribution in [0.15, 0.2) is 17.5 Å². The van der Waals surface area contributed by atoms with Crippen molar-refractivity contribution in [3.05, 3.63) is 22.4 Å². The Bertz CT molecular complexity index is 544. The Labute approximate surface area is 112 Å². The van der Waals surface area contributed by atoms with E-state index in [1.54, 1.807) is 23.3 Å². The zero-order valence-corrected chi connectivity index (χ0v) is 11.5. The van der Waals surface area contributed by atoms with E-state index < -0.39 is 5.97 Å². The van der Waals surface area contributed by atoms with Gasteiger partial charge in [0.05, 0.1) is 4.88 Å². The molecule has 2 rings (SSSR count). The molecule has 0 saturated heterocycles. The third-order valence-corrected chi connectivity index (χ3v) is 4.66. The van der Waals surface area contributed by atoms with Gasteiger partial charge in [-0.15, -0.1) is 22.7 Å². The molecule has 0 unspecified atom stereocenters. The van der Waals surface area contributed by atoms with Crippen LogP contribution in [0.1, 0.15) is 22.5 Å². The number of hydrogen-bond donors (Lipinski definition) is 1. The Morgan fingerprint density at radius 3 is 2.83 bits per heavy atom. The van der Waals surface area contributed by atoms with Crippen molar-refractivity contribution in [2.75, 3.05) is 13.6 Å². The summed E-state index contributed by atoms with van der Waals surface area (Å²) in [6.07, 6.45) is 0.578. The second-order valence-electron chi connectivity index (χ2n) is 3.98. The lowest BCUT2D eigenvalue weighted by Crippen LogP contribution is -2.27. The fourth-order valence-electron chi connectivity index (χ4n) is 1.63. The Balaban J connectivity index is 1.98. The van der Waals surface area contributed by atoms with Gasteiger partial charge in [-0.05, 0) is 23.9 Å². The molecule has 0 saturated carbocycles. The molecule has 2 aromatic heterocycles. The van der Waals surface area contributed by atoms with Crippen LogP contribution in [0.25, 0.3) is 9.40 Å². The summed E-state index contributed by atoms with van der Waals surface area (Å²) in [4.78, 5) is 24.8. The largest absolute Gasteiger partial charge is 0.481 e. The van der Waals surface area contributed by atoms with E-state index in [4.69, 9.17) is 5.11 Å². The van der Waals surface area contributed by atoms with Crippen LogP contribution in [-0.2, 0) is 4.79 Å². The fraction of sp³-hybridized carbons (Fsp3) is 0.333. The van der Waals surface area contributed by atoms with Crippen LogP contribution in [0.4, 0.5) is 0 Å². The van der Waals surface area contributed by atoms with E-state index >= 15 is 0 Å². The summed E-state index contributed by atoms with van der Waals surface area (Å²) < 4.78 is 2.25. The fourth-order valence-corrected chi connectivity index (χ4v) is 3.73. The highest BCUT2D eigenvalue weighted by Gasteiger charge is 2.15. The lowest BCUT2D eigenvalue weighted by molar-refractivity contribution is -0.137. The van der Waals surface area contributed by atoms with Crippen molar-refractivity contribution < 1.29 is 14.7 Å². The number of nitrogens with zero attached hydrogens (tertiary/aromatic N) is 1. The molecular formula is C12H13NO3S2. The highest BCUT2D eigenvalue weighted by atomic mass is 32.1. The molecule has 0 radical (unpaired) electrons. The van der Waals surface area contributed by atoms with Gasteiger partial charge in [-0.1, -0.05) is 0 Å². The molecule has 0 aromatic carbocycles. The van der Waals surface area contributed by atoms with E-state index in [1.807, 2.05) is 17.5 Å². The van der Waals surface area contributed by atoms with Crippen molar-refractivity contribution in [2.24, 2.45) is 0 Å². The number of amides is 1. The van der Waals surface area contributed by atoms with Crippen molar-refractivity contribution in [3.8, 4) is 0 Å². The summed E-state index contributed by atoms with van der Waals surface area (Å²) in [5.74, 6) is -0.860. The van der Waals surface area contributed by atoms with Crippen molar-refractivity contribution >= 4 is 43.9 Å². The minimum absolute atomic E-state index is 0.0335. The Morgan fingerprint density at radius 2 is 2.17 bits per heavy atom. The van der Waals surface area contributed by atoms with Crippen molar-refractivity contribution in [2.45, 2.75) is 12.8 Å². The monoisotopic (exact) mass is 283 g/mol. The first-order valence-electron chi connectivity index (χ1n) is 5.52. The van der Waals surface area contributed by atoms with Crippen molar-refractivity contribution in [3.63, 3.8) is 0 Å². The molecule has 0 bridgehead atoms. The Hall–Kier alpha value is -1.40. The second-order valence-corrected chi connectivity index (χ2v) is 6.02. The summed E-state index contributed by atoms with van der Waals surface area (Å²) >= 11 is 3.10. The second kappa shape index (κ2) is 5.49. The third kappa shape index (κ3) is 2.88. The molecule has 0 spiro atoms. The number of thiophene rings is 2. The first-order chi connectivity index (χ1) is 8.58. The van der Waals surface area contributed by atoms with Crippen LogP contribution in [0.5, 0.6) is 0 Å². The molecule has 4 nitrogen and oxygen atoms in total. The first-order valence-corrected chi connectivity index (χ1v) is 7.22.